The first kappa shape index (κ1) is 30.8. The van der Waals surface area contributed by atoms with Gasteiger partial charge in [0.05, 0.1) is 5.69 Å². The van der Waals surface area contributed by atoms with Crippen LogP contribution in [0.5, 0.6) is 0 Å². The monoisotopic (exact) mass is 673 g/mol. The van der Waals surface area contributed by atoms with Crippen LogP contribution < -0.4 is 4.90 Å². The molecule has 0 aliphatic carbocycles. The van der Waals surface area contributed by atoms with Crippen LogP contribution in [0.2, 0.25) is 0 Å². The Balaban J connectivity index is 1.13. The highest BCUT2D eigenvalue weighted by Crippen LogP contribution is 2.44. The van der Waals surface area contributed by atoms with Crippen LogP contribution in [0.1, 0.15) is 0 Å². The van der Waals surface area contributed by atoms with Gasteiger partial charge < -0.3 is 4.90 Å². The largest absolute Gasteiger partial charge is 0.310 e. The van der Waals surface area contributed by atoms with Crippen LogP contribution in [0.25, 0.3) is 76.5 Å². The second kappa shape index (κ2) is 13.0. The fourth-order valence-electron chi connectivity index (χ4n) is 8.03. The van der Waals surface area contributed by atoms with Gasteiger partial charge in [0.15, 0.2) is 0 Å². The average molecular weight is 674 g/mol. The molecule has 0 amide bonds. The van der Waals surface area contributed by atoms with Crippen molar-refractivity contribution in [3.63, 3.8) is 0 Å². The molecule has 0 aromatic heterocycles. The minimum absolute atomic E-state index is 1.10. The molecule has 10 rings (SSSR count). The standard InChI is InChI=1S/C52H35N/c1-2-12-36(13-3-1)38-24-29-44(30-25-38)53(51-21-11-10-18-46(51)43-23-22-37-14-4-5-16-41(37)34-43)45-31-26-40(27-32-45)50-35-42-17-7-9-20-48(42)52-47-19-8-6-15-39(47)28-33-49(50)52/h1-35H. The molecule has 10 aromatic rings. The minimum Gasteiger partial charge on any atom is -0.310 e. The fourth-order valence-corrected chi connectivity index (χ4v) is 8.03. The molecule has 0 saturated carbocycles. The lowest BCUT2D eigenvalue weighted by Gasteiger charge is -2.28. The van der Waals surface area contributed by atoms with Gasteiger partial charge in [0.1, 0.15) is 0 Å². The van der Waals surface area contributed by atoms with Gasteiger partial charge in [-0.15, -0.1) is 0 Å². The minimum atomic E-state index is 1.10. The molecule has 0 aliphatic heterocycles. The van der Waals surface area contributed by atoms with Gasteiger partial charge in [-0.25, -0.2) is 0 Å². The van der Waals surface area contributed by atoms with Crippen molar-refractivity contribution in [2.75, 3.05) is 4.90 Å². The summed E-state index contributed by atoms with van der Waals surface area (Å²) in [6.45, 7) is 0. The summed E-state index contributed by atoms with van der Waals surface area (Å²) in [7, 11) is 0. The third-order valence-electron chi connectivity index (χ3n) is 10.6. The van der Waals surface area contributed by atoms with E-state index in [9.17, 15) is 0 Å². The molecule has 0 aliphatic rings. The molecule has 0 atom stereocenters. The van der Waals surface area contributed by atoms with Crippen LogP contribution in [-0.4, -0.2) is 0 Å². The Kier molecular flexibility index (Phi) is 7.55. The molecular weight excluding hydrogens is 639 g/mol. The molecule has 0 saturated heterocycles. The third kappa shape index (κ3) is 5.51. The van der Waals surface area contributed by atoms with Crippen molar-refractivity contribution < 1.29 is 0 Å². The zero-order valence-electron chi connectivity index (χ0n) is 29.2. The van der Waals surface area contributed by atoms with Crippen molar-refractivity contribution in [2.45, 2.75) is 0 Å². The summed E-state index contributed by atoms with van der Waals surface area (Å²) >= 11 is 0. The number of benzene rings is 10. The molecule has 0 N–H and O–H groups in total. The summed E-state index contributed by atoms with van der Waals surface area (Å²) in [5.41, 5.74) is 10.6. The number of fused-ring (bicyclic) bond motifs is 6. The zero-order valence-corrected chi connectivity index (χ0v) is 29.2. The van der Waals surface area contributed by atoms with E-state index >= 15 is 0 Å². The van der Waals surface area contributed by atoms with Crippen molar-refractivity contribution in [1.82, 2.24) is 0 Å². The van der Waals surface area contributed by atoms with Gasteiger partial charge in [-0.1, -0.05) is 170 Å². The second-order valence-corrected chi connectivity index (χ2v) is 13.7. The molecule has 0 unspecified atom stereocenters. The summed E-state index contributed by atoms with van der Waals surface area (Å²) in [4.78, 5) is 2.40. The number of rotatable bonds is 6. The highest BCUT2D eigenvalue weighted by atomic mass is 15.1. The Morgan fingerprint density at radius 2 is 0.792 bits per heavy atom. The van der Waals surface area contributed by atoms with Crippen LogP contribution in [-0.2, 0) is 0 Å². The Labute approximate surface area is 309 Å². The molecule has 0 radical (unpaired) electrons. The van der Waals surface area contributed by atoms with Crippen molar-refractivity contribution in [1.29, 1.82) is 0 Å². The number of nitrogens with zero attached hydrogens (tertiary/aromatic N) is 1. The molecule has 1 nitrogen and oxygen atoms in total. The Morgan fingerprint density at radius 1 is 0.264 bits per heavy atom. The molecular formula is C52H35N. The van der Waals surface area contributed by atoms with E-state index in [0.717, 1.165) is 17.1 Å². The second-order valence-electron chi connectivity index (χ2n) is 13.7. The Hall–Kier alpha value is -6.96. The van der Waals surface area contributed by atoms with Crippen LogP contribution in [0.3, 0.4) is 0 Å². The Morgan fingerprint density at radius 3 is 1.55 bits per heavy atom. The zero-order chi connectivity index (χ0) is 35.1. The first-order valence-corrected chi connectivity index (χ1v) is 18.3. The van der Waals surface area contributed by atoms with Crippen molar-refractivity contribution >= 4 is 60.2 Å². The van der Waals surface area contributed by atoms with E-state index in [1.807, 2.05) is 0 Å². The van der Waals surface area contributed by atoms with Gasteiger partial charge in [-0.05, 0) is 113 Å². The lowest BCUT2D eigenvalue weighted by Crippen LogP contribution is -2.11. The molecule has 10 aromatic carbocycles. The molecule has 0 heterocycles. The van der Waals surface area contributed by atoms with E-state index in [1.54, 1.807) is 0 Å². The number of hydrogen-bond donors (Lipinski definition) is 0. The summed E-state index contributed by atoms with van der Waals surface area (Å²) in [5.74, 6) is 0. The summed E-state index contributed by atoms with van der Waals surface area (Å²) in [6.07, 6.45) is 0. The first-order valence-electron chi connectivity index (χ1n) is 18.3. The Bertz CT molecular complexity index is 2910. The maximum absolute atomic E-state index is 2.40. The van der Waals surface area contributed by atoms with Gasteiger partial charge in [-0.3, -0.25) is 0 Å². The molecule has 248 valence electrons. The van der Waals surface area contributed by atoms with E-state index in [2.05, 4.69) is 217 Å². The lowest BCUT2D eigenvalue weighted by molar-refractivity contribution is 1.28. The van der Waals surface area contributed by atoms with Gasteiger partial charge in [0.25, 0.3) is 0 Å². The predicted octanol–water partition coefficient (Wildman–Crippen LogP) is 14.8. The van der Waals surface area contributed by atoms with Gasteiger partial charge >= 0.3 is 0 Å². The van der Waals surface area contributed by atoms with Crippen LogP contribution >= 0.6 is 0 Å². The number of hydrogen-bond acceptors (Lipinski definition) is 1. The predicted molar refractivity (Wildman–Crippen MR) is 227 cm³/mol. The maximum atomic E-state index is 2.40. The van der Waals surface area contributed by atoms with Crippen LogP contribution in [0.15, 0.2) is 212 Å². The highest BCUT2D eigenvalue weighted by molar-refractivity contribution is 6.24. The lowest BCUT2D eigenvalue weighted by atomic mass is 9.90. The summed E-state index contributed by atoms with van der Waals surface area (Å²) < 4.78 is 0. The summed E-state index contributed by atoms with van der Waals surface area (Å²) in [5, 5.41) is 10.1. The summed E-state index contributed by atoms with van der Waals surface area (Å²) in [6, 6.07) is 77.2. The fraction of sp³-hybridized carbons (Fsp3) is 0. The van der Waals surface area contributed by atoms with Crippen molar-refractivity contribution in [3.05, 3.63) is 212 Å². The van der Waals surface area contributed by atoms with Crippen LogP contribution in [0, 0.1) is 0 Å². The molecule has 53 heavy (non-hydrogen) atoms. The quantitative estimate of drug-likeness (QED) is 0.159. The maximum Gasteiger partial charge on any atom is 0.0540 e. The normalized spacial score (nSPS) is 11.4. The van der Waals surface area contributed by atoms with Gasteiger partial charge in [0.2, 0.25) is 0 Å². The van der Waals surface area contributed by atoms with Crippen molar-refractivity contribution in [3.8, 4) is 33.4 Å². The number of para-hydroxylation sites is 1. The van der Waals surface area contributed by atoms with Crippen molar-refractivity contribution in [2.24, 2.45) is 0 Å². The highest BCUT2D eigenvalue weighted by Gasteiger charge is 2.19. The SMILES string of the molecule is c1ccc(-c2ccc(N(c3ccc(-c4cc5ccccc5c5c4ccc4ccccc45)cc3)c3ccccc3-c3ccc4ccccc4c3)cc2)cc1. The van der Waals surface area contributed by atoms with E-state index < -0.39 is 0 Å². The van der Waals surface area contributed by atoms with E-state index in [0.29, 0.717) is 0 Å². The number of anilines is 3. The molecule has 1 heteroatoms. The molecule has 0 spiro atoms. The van der Waals surface area contributed by atoms with E-state index in [-0.39, 0.29) is 0 Å². The van der Waals surface area contributed by atoms with Crippen LogP contribution in [0.4, 0.5) is 17.1 Å². The van der Waals surface area contributed by atoms with Gasteiger partial charge in [-0.2, -0.15) is 0 Å². The smallest absolute Gasteiger partial charge is 0.0540 e. The van der Waals surface area contributed by atoms with E-state index in [1.165, 1.54) is 76.5 Å². The topological polar surface area (TPSA) is 3.24 Å². The first-order chi connectivity index (χ1) is 26.3. The molecule has 0 fully saturated rings. The van der Waals surface area contributed by atoms with E-state index in [4.69, 9.17) is 0 Å². The average Bonchev–Trinajstić information content (AvgIpc) is 3.24. The third-order valence-corrected chi connectivity index (χ3v) is 10.6. The molecule has 0 bridgehead atoms. The van der Waals surface area contributed by atoms with Gasteiger partial charge in [0, 0.05) is 16.9 Å².